The van der Waals surface area contributed by atoms with E-state index in [2.05, 4.69) is 37.3 Å². The number of nitrogens with two attached hydrogens (primary N) is 1. The van der Waals surface area contributed by atoms with Crippen molar-refractivity contribution in [2.75, 3.05) is 0 Å². The minimum absolute atomic E-state index is 0.206. The fourth-order valence-corrected chi connectivity index (χ4v) is 4.50. The van der Waals surface area contributed by atoms with E-state index in [4.69, 9.17) is 5.73 Å². The highest BCUT2D eigenvalue weighted by molar-refractivity contribution is 5.93. The number of aryl methyl sites for hydroxylation is 2. The molecule has 1 fully saturated rings. The van der Waals surface area contributed by atoms with Crippen LogP contribution in [0.5, 0.6) is 0 Å². The minimum atomic E-state index is 0.206. The van der Waals surface area contributed by atoms with Crippen molar-refractivity contribution < 1.29 is 0 Å². The molecule has 2 N–H and O–H groups in total. The zero-order chi connectivity index (χ0) is 13.7. The molecule has 2 aromatic rings. The lowest BCUT2D eigenvalue weighted by atomic mass is 9.84. The summed E-state index contributed by atoms with van der Waals surface area (Å²) in [6.45, 7) is 2.37. The van der Waals surface area contributed by atoms with Gasteiger partial charge in [-0.3, -0.25) is 0 Å². The molecule has 1 heteroatoms. The number of hydrogen-bond acceptors (Lipinski definition) is 1. The van der Waals surface area contributed by atoms with Crippen LogP contribution in [-0.2, 0) is 12.8 Å². The second kappa shape index (κ2) is 4.60. The van der Waals surface area contributed by atoms with Gasteiger partial charge in [-0.05, 0) is 58.6 Å². The highest BCUT2D eigenvalue weighted by Gasteiger charge is 2.31. The Hall–Kier alpha value is -1.34. The standard InChI is InChI=1S/C19H23N/c1-12-4-2-6-15(12)19(20)17-11-10-14-9-8-13-5-3-7-16(17)18(13)14/h3,5,7,10-12,15,19H,2,4,6,8-9,20H2,1H3. The Morgan fingerprint density at radius 1 is 1.05 bits per heavy atom. The maximum Gasteiger partial charge on any atom is 0.0332 e. The van der Waals surface area contributed by atoms with E-state index in [0.29, 0.717) is 5.92 Å². The smallest absolute Gasteiger partial charge is 0.0332 e. The predicted octanol–water partition coefficient (Wildman–Crippen LogP) is 4.37. The minimum Gasteiger partial charge on any atom is -0.324 e. The van der Waals surface area contributed by atoms with E-state index in [1.807, 2.05) is 0 Å². The Morgan fingerprint density at radius 2 is 1.85 bits per heavy atom. The zero-order valence-corrected chi connectivity index (χ0v) is 12.2. The third-order valence-corrected chi connectivity index (χ3v) is 5.66. The van der Waals surface area contributed by atoms with Crippen LogP contribution in [0.25, 0.3) is 10.8 Å². The van der Waals surface area contributed by atoms with Crippen LogP contribution < -0.4 is 5.73 Å². The van der Waals surface area contributed by atoms with Crippen molar-refractivity contribution in [2.45, 2.75) is 45.1 Å². The highest BCUT2D eigenvalue weighted by atomic mass is 14.7. The second-order valence-electron chi connectivity index (χ2n) is 6.75. The maximum atomic E-state index is 6.68. The quantitative estimate of drug-likeness (QED) is 0.857. The van der Waals surface area contributed by atoms with E-state index >= 15 is 0 Å². The summed E-state index contributed by atoms with van der Waals surface area (Å²) in [5.41, 5.74) is 11.1. The summed E-state index contributed by atoms with van der Waals surface area (Å²) in [6, 6.07) is 11.6. The Kier molecular flexibility index (Phi) is 2.85. The molecule has 1 nitrogen and oxygen atoms in total. The van der Waals surface area contributed by atoms with Gasteiger partial charge in [-0.1, -0.05) is 50.1 Å². The van der Waals surface area contributed by atoms with Crippen LogP contribution >= 0.6 is 0 Å². The van der Waals surface area contributed by atoms with E-state index in [0.717, 1.165) is 5.92 Å². The summed E-state index contributed by atoms with van der Waals surface area (Å²) in [4.78, 5) is 0. The van der Waals surface area contributed by atoms with Gasteiger partial charge < -0.3 is 5.73 Å². The average molecular weight is 265 g/mol. The zero-order valence-electron chi connectivity index (χ0n) is 12.2. The van der Waals surface area contributed by atoms with Crippen LogP contribution in [0.3, 0.4) is 0 Å². The molecule has 1 saturated carbocycles. The van der Waals surface area contributed by atoms with Crippen LogP contribution in [-0.4, -0.2) is 0 Å². The molecular formula is C19H23N. The van der Waals surface area contributed by atoms with Crippen LogP contribution in [0, 0.1) is 11.8 Å². The average Bonchev–Trinajstić information content (AvgIpc) is 3.07. The molecule has 2 aliphatic rings. The molecule has 0 spiro atoms. The van der Waals surface area contributed by atoms with E-state index in [1.54, 1.807) is 0 Å². The van der Waals surface area contributed by atoms with Gasteiger partial charge in [0.1, 0.15) is 0 Å². The summed E-state index contributed by atoms with van der Waals surface area (Å²) in [5.74, 6) is 1.43. The van der Waals surface area contributed by atoms with Crippen molar-refractivity contribution >= 4 is 10.8 Å². The Labute approximate surface area is 121 Å². The summed E-state index contributed by atoms with van der Waals surface area (Å²) in [6.07, 6.45) is 6.39. The van der Waals surface area contributed by atoms with Gasteiger partial charge in [-0.2, -0.15) is 0 Å². The van der Waals surface area contributed by atoms with Crippen LogP contribution in [0.15, 0.2) is 30.3 Å². The molecule has 0 saturated heterocycles. The van der Waals surface area contributed by atoms with Crippen LogP contribution in [0.4, 0.5) is 0 Å². The highest BCUT2D eigenvalue weighted by Crippen LogP contribution is 2.42. The third kappa shape index (κ3) is 1.73. The van der Waals surface area contributed by atoms with Crippen molar-refractivity contribution in [3.63, 3.8) is 0 Å². The molecule has 0 heterocycles. The van der Waals surface area contributed by atoms with Gasteiger partial charge in [0.15, 0.2) is 0 Å². The molecule has 3 unspecified atom stereocenters. The van der Waals surface area contributed by atoms with E-state index < -0.39 is 0 Å². The second-order valence-corrected chi connectivity index (χ2v) is 6.75. The first kappa shape index (κ1) is 12.4. The summed E-state index contributed by atoms with van der Waals surface area (Å²) in [7, 11) is 0. The molecule has 3 atom stereocenters. The van der Waals surface area contributed by atoms with Crippen molar-refractivity contribution in [3.05, 3.63) is 47.0 Å². The summed E-state index contributed by atoms with van der Waals surface area (Å²) in [5, 5.41) is 2.93. The molecule has 0 aromatic heterocycles. The van der Waals surface area contributed by atoms with Crippen LogP contribution in [0.1, 0.15) is 48.9 Å². The van der Waals surface area contributed by atoms with Gasteiger partial charge in [0, 0.05) is 6.04 Å². The van der Waals surface area contributed by atoms with E-state index in [1.165, 1.54) is 59.6 Å². The van der Waals surface area contributed by atoms with Gasteiger partial charge in [0.25, 0.3) is 0 Å². The van der Waals surface area contributed by atoms with Crippen molar-refractivity contribution in [3.8, 4) is 0 Å². The molecule has 2 aromatic carbocycles. The largest absolute Gasteiger partial charge is 0.324 e. The Balaban J connectivity index is 1.85. The Bertz CT molecular complexity index is 648. The summed E-state index contributed by atoms with van der Waals surface area (Å²) >= 11 is 0. The molecule has 0 radical (unpaired) electrons. The van der Waals surface area contributed by atoms with Gasteiger partial charge in [-0.15, -0.1) is 0 Å². The monoisotopic (exact) mass is 265 g/mol. The first-order chi connectivity index (χ1) is 9.75. The Morgan fingerprint density at radius 3 is 2.60 bits per heavy atom. The predicted molar refractivity (Wildman–Crippen MR) is 84.8 cm³/mol. The fraction of sp³-hybridized carbons (Fsp3) is 0.474. The molecular weight excluding hydrogens is 242 g/mol. The topological polar surface area (TPSA) is 26.0 Å². The lowest BCUT2D eigenvalue weighted by Crippen LogP contribution is -2.23. The molecule has 0 bridgehead atoms. The molecule has 4 rings (SSSR count). The molecule has 0 aliphatic heterocycles. The summed E-state index contributed by atoms with van der Waals surface area (Å²) < 4.78 is 0. The number of hydrogen-bond donors (Lipinski definition) is 1. The van der Waals surface area contributed by atoms with Gasteiger partial charge in [-0.25, -0.2) is 0 Å². The van der Waals surface area contributed by atoms with Gasteiger partial charge >= 0.3 is 0 Å². The van der Waals surface area contributed by atoms with Gasteiger partial charge in [0.2, 0.25) is 0 Å². The molecule has 104 valence electrons. The van der Waals surface area contributed by atoms with E-state index in [-0.39, 0.29) is 6.04 Å². The van der Waals surface area contributed by atoms with Crippen molar-refractivity contribution in [1.29, 1.82) is 0 Å². The van der Waals surface area contributed by atoms with Crippen molar-refractivity contribution in [1.82, 2.24) is 0 Å². The SMILES string of the molecule is CC1CCCC1C(N)c1ccc2c3c(cccc13)CC2. The first-order valence-corrected chi connectivity index (χ1v) is 8.04. The molecule has 0 amide bonds. The lowest BCUT2D eigenvalue weighted by Gasteiger charge is -2.25. The normalized spacial score (nSPS) is 26.3. The first-order valence-electron chi connectivity index (χ1n) is 8.04. The third-order valence-electron chi connectivity index (χ3n) is 5.66. The molecule has 20 heavy (non-hydrogen) atoms. The maximum absolute atomic E-state index is 6.68. The number of rotatable bonds is 2. The van der Waals surface area contributed by atoms with Crippen LogP contribution in [0.2, 0.25) is 0 Å². The fourth-order valence-electron chi connectivity index (χ4n) is 4.50. The van der Waals surface area contributed by atoms with Gasteiger partial charge in [0.05, 0.1) is 0 Å². The lowest BCUT2D eigenvalue weighted by molar-refractivity contribution is 0.352. The van der Waals surface area contributed by atoms with E-state index in [9.17, 15) is 0 Å². The molecule has 2 aliphatic carbocycles. The number of benzene rings is 2. The van der Waals surface area contributed by atoms with Crippen molar-refractivity contribution in [2.24, 2.45) is 17.6 Å².